The summed E-state index contributed by atoms with van der Waals surface area (Å²) < 4.78 is 8.97. The van der Waals surface area contributed by atoms with Crippen LogP contribution in [0.2, 0.25) is 0 Å². The summed E-state index contributed by atoms with van der Waals surface area (Å²) in [5, 5.41) is 15.4. The molecule has 0 bridgehead atoms. The maximum atomic E-state index is 11.4. The SMILES string of the molecule is CCCc1nc2cc(C=CC(=O)NO)ccc2n1CCNCc1cc2nc(-c3ccc(NC)nc3)nc(N3CCOCC3)c2s1. The van der Waals surface area contributed by atoms with Crippen LogP contribution < -0.4 is 21.0 Å². The lowest BCUT2D eigenvalue weighted by Crippen LogP contribution is -2.36. The van der Waals surface area contributed by atoms with Gasteiger partial charge in [-0.3, -0.25) is 10.0 Å². The van der Waals surface area contributed by atoms with E-state index in [0.717, 1.165) is 95.4 Å². The number of ether oxygens (including phenoxy) is 1. The zero-order valence-corrected chi connectivity index (χ0v) is 26.2. The molecule has 0 spiro atoms. The summed E-state index contributed by atoms with van der Waals surface area (Å²) in [4.78, 5) is 34.2. The summed E-state index contributed by atoms with van der Waals surface area (Å²) in [6, 6.07) is 12.0. The van der Waals surface area contributed by atoms with E-state index in [9.17, 15) is 4.79 Å². The second kappa shape index (κ2) is 14.1. The Bertz CT molecular complexity index is 1810. The first-order valence-electron chi connectivity index (χ1n) is 15.2. The van der Waals surface area contributed by atoms with E-state index < -0.39 is 5.91 Å². The van der Waals surface area contributed by atoms with Gasteiger partial charge in [0.05, 0.1) is 34.5 Å². The van der Waals surface area contributed by atoms with E-state index in [1.807, 2.05) is 43.6 Å². The number of nitrogens with zero attached hydrogens (tertiary/aromatic N) is 6. The molecule has 12 nitrogen and oxygen atoms in total. The molecule has 4 N–H and O–H groups in total. The molecule has 1 amide bonds. The molecule has 0 radical (unpaired) electrons. The highest BCUT2D eigenvalue weighted by Gasteiger charge is 2.20. The van der Waals surface area contributed by atoms with Gasteiger partial charge >= 0.3 is 0 Å². The van der Waals surface area contributed by atoms with E-state index in [4.69, 9.17) is 24.9 Å². The summed E-state index contributed by atoms with van der Waals surface area (Å²) in [5.41, 5.74) is 6.21. The molecule has 1 saturated heterocycles. The Morgan fingerprint density at radius 2 is 1.98 bits per heavy atom. The van der Waals surface area contributed by atoms with Crippen LogP contribution in [-0.4, -0.2) is 75.5 Å². The zero-order chi connectivity index (χ0) is 31.2. The maximum Gasteiger partial charge on any atom is 0.267 e. The first kappa shape index (κ1) is 30.6. The van der Waals surface area contributed by atoms with Crippen molar-refractivity contribution in [3.8, 4) is 11.4 Å². The fraction of sp³-hybridized carbons (Fsp3) is 0.344. The maximum absolute atomic E-state index is 11.4. The number of carbonyl (C=O) groups excluding carboxylic acids is 1. The number of benzene rings is 1. The molecule has 0 unspecified atom stereocenters. The predicted octanol–water partition coefficient (Wildman–Crippen LogP) is 4.24. The summed E-state index contributed by atoms with van der Waals surface area (Å²) in [6.07, 6.45) is 6.63. The smallest absolute Gasteiger partial charge is 0.267 e. The van der Waals surface area contributed by atoms with Crippen molar-refractivity contribution in [2.45, 2.75) is 32.9 Å². The Labute approximate surface area is 265 Å². The molecule has 234 valence electrons. The van der Waals surface area contributed by atoms with Crippen molar-refractivity contribution in [2.75, 3.05) is 50.1 Å². The number of hydrogen-bond donors (Lipinski definition) is 4. The van der Waals surface area contributed by atoms with E-state index in [1.165, 1.54) is 11.0 Å². The number of morpholine rings is 1. The molecule has 4 aromatic heterocycles. The van der Waals surface area contributed by atoms with Crippen molar-refractivity contribution in [1.82, 2.24) is 35.3 Å². The average molecular weight is 628 g/mol. The standard InChI is InChI=1S/C32H37N9O3S/c1-3-4-28-36-24-17-21(6-10-29(42)39-43)5-8-26(24)41(28)12-11-34-20-23-18-25-30(45-23)32(40-13-15-44-16-14-40)38-31(37-25)22-7-9-27(33-2)35-19-22/h5-10,17-19,34,43H,3-4,11-16,20H2,1-2H3,(H,33,35)(H,39,42). The topological polar surface area (TPSA) is 142 Å². The van der Waals surface area contributed by atoms with Gasteiger partial charge in [0.1, 0.15) is 11.6 Å². The molecular formula is C32H37N9O3S. The van der Waals surface area contributed by atoms with Crippen molar-refractivity contribution < 1.29 is 14.7 Å². The van der Waals surface area contributed by atoms with Gasteiger partial charge in [0.2, 0.25) is 0 Å². The number of rotatable bonds is 12. The number of carbonyl (C=O) groups is 1. The van der Waals surface area contributed by atoms with E-state index in [1.54, 1.807) is 22.9 Å². The molecule has 6 rings (SSSR count). The predicted molar refractivity (Wildman–Crippen MR) is 178 cm³/mol. The summed E-state index contributed by atoms with van der Waals surface area (Å²) >= 11 is 1.73. The number of aryl methyl sites for hydroxylation is 1. The fourth-order valence-corrected chi connectivity index (χ4v) is 6.50. The molecule has 1 aliphatic heterocycles. The third kappa shape index (κ3) is 6.96. The number of hydroxylamine groups is 1. The van der Waals surface area contributed by atoms with Crippen LogP contribution in [0.15, 0.2) is 48.7 Å². The molecular weight excluding hydrogens is 590 g/mol. The van der Waals surface area contributed by atoms with Crippen molar-refractivity contribution in [3.05, 3.63) is 64.9 Å². The minimum Gasteiger partial charge on any atom is -0.378 e. The van der Waals surface area contributed by atoms with Crippen LogP contribution in [-0.2, 0) is 29.0 Å². The number of anilines is 2. The van der Waals surface area contributed by atoms with Gasteiger partial charge in [0, 0.05) is 68.9 Å². The number of amides is 1. The Morgan fingerprint density at radius 1 is 1.11 bits per heavy atom. The normalized spacial score (nSPS) is 13.7. The number of aromatic nitrogens is 5. The van der Waals surface area contributed by atoms with Crippen LogP contribution in [0.1, 0.15) is 29.6 Å². The highest BCUT2D eigenvalue weighted by molar-refractivity contribution is 7.19. The number of imidazole rings is 1. The fourth-order valence-electron chi connectivity index (χ4n) is 5.42. The van der Waals surface area contributed by atoms with Crippen LogP contribution >= 0.6 is 11.3 Å². The Hall–Kier alpha value is -4.43. The van der Waals surface area contributed by atoms with Crippen LogP contribution in [0.3, 0.4) is 0 Å². The second-order valence-electron chi connectivity index (χ2n) is 10.7. The molecule has 5 aromatic rings. The lowest BCUT2D eigenvalue weighted by atomic mass is 10.2. The Morgan fingerprint density at radius 3 is 2.73 bits per heavy atom. The Balaban J connectivity index is 1.19. The van der Waals surface area contributed by atoms with Gasteiger partial charge in [-0.05, 0) is 48.4 Å². The number of thiophene rings is 1. The lowest BCUT2D eigenvalue weighted by Gasteiger charge is -2.28. The van der Waals surface area contributed by atoms with Gasteiger partial charge in [-0.25, -0.2) is 25.4 Å². The molecule has 1 fully saturated rings. The molecule has 0 saturated carbocycles. The van der Waals surface area contributed by atoms with E-state index in [-0.39, 0.29) is 0 Å². The average Bonchev–Trinajstić information content (AvgIpc) is 3.65. The van der Waals surface area contributed by atoms with Crippen molar-refractivity contribution in [2.24, 2.45) is 0 Å². The molecule has 1 aliphatic rings. The van der Waals surface area contributed by atoms with Crippen LogP contribution in [0, 0.1) is 0 Å². The van der Waals surface area contributed by atoms with Crippen LogP contribution in [0.25, 0.3) is 38.7 Å². The highest BCUT2D eigenvalue weighted by Crippen LogP contribution is 2.34. The van der Waals surface area contributed by atoms with Crippen molar-refractivity contribution in [3.63, 3.8) is 0 Å². The second-order valence-corrected chi connectivity index (χ2v) is 11.9. The summed E-state index contributed by atoms with van der Waals surface area (Å²) in [7, 11) is 1.85. The number of nitrogens with one attached hydrogen (secondary N) is 3. The molecule has 13 heteroatoms. The van der Waals surface area contributed by atoms with Gasteiger partial charge in [-0.1, -0.05) is 13.0 Å². The van der Waals surface area contributed by atoms with Crippen LogP contribution in [0.4, 0.5) is 11.6 Å². The molecule has 5 heterocycles. The highest BCUT2D eigenvalue weighted by atomic mass is 32.1. The lowest BCUT2D eigenvalue weighted by molar-refractivity contribution is -0.124. The molecule has 45 heavy (non-hydrogen) atoms. The number of fused-ring (bicyclic) bond motifs is 2. The van der Waals surface area contributed by atoms with Gasteiger partial charge < -0.3 is 24.8 Å². The molecule has 0 aliphatic carbocycles. The monoisotopic (exact) mass is 627 g/mol. The molecule has 1 aromatic carbocycles. The third-order valence-electron chi connectivity index (χ3n) is 7.67. The van der Waals surface area contributed by atoms with Crippen molar-refractivity contribution in [1.29, 1.82) is 0 Å². The zero-order valence-electron chi connectivity index (χ0n) is 25.4. The van der Waals surface area contributed by atoms with E-state index >= 15 is 0 Å². The van der Waals surface area contributed by atoms with Gasteiger partial charge in [0.25, 0.3) is 5.91 Å². The molecule has 0 atom stereocenters. The first-order valence-corrected chi connectivity index (χ1v) is 16.0. The summed E-state index contributed by atoms with van der Waals surface area (Å²) in [6.45, 7) is 7.36. The first-order chi connectivity index (χ1) is 22.1. The Kier molecular flexibility index (Phi) is 9.60. The third-order valence-corrected chi connectivity index (χ3v) is 8.79. The number of hydrogen-bond acceptors (Lipinski definition) is 11. The number of pyridine rings is 1. The van der Waals surface area contributed by atoms with Gasteiger partial charge in [-0.2, -0.15) is 0 Å². The largest absolute Gasteiger partial charge is 0.378 e. The van der Waals surface area contributed by atoms with E-state index in [2.05, 4.69) is 38.1 Å². The van der Waals surface area contributed by atoms with Gasteiger partial charge in [-0.15, -0.1) is 11.3 Å². The van der Waals surface area contributed by atoms with Gasteiger partial charge in [0.15, 0.2) is 11.6 Å². The summed E-state index contributed by atoms with van der Waals surface area (Å²) in [5.74, 6) is 2.89. The van der Waals surface area contributed by atoms with Crippen LogP contribution in [0.5, 0.6) is 0 Å². The minimum atomic E-state index is -0.571. The minimum absolute atomic E-state index is 0.571. The quantitative estimate of drug-likeness (QED) is 0.0687. The van der Waals surface area contributed by atoms with E-state index in [0.29, 0.717) is 19.0 Å². The van der Waals surface area contributed by atoms with Crippen molar-refractivity contribution >= 4 is 56.2 Å².